The summed E-state index contributed by atoms with van der Waals surface area (Å²) in [6.45, 7) is 6.83. The van der Waals surface area contributed by atoms with Crippen LogP contribution in [0.3, 0.4) is 0 Å². The molecule has 0 aromatic heterocycles. The van der Waals surface area contributed by atoms with Crippen LogP contribution in [-0.2, 0) is 6.61 Å². The lowest BCUT2D eigenvalue weighted by molar-refractivity contribution is 0.204. The normalized spacial score (nSPS) is 12.2. The highest BCUT2D eigenvalue weighted by atomic mass is 16.5. The number of hydrogen-bond acceptors (Lipinski definition) is 3. The molecule has 0 heterocycles. The van der Waals surface area contributed by atoms with Gasteiger partial charge in [-0.1, -0.05) is 13.8 Å². The largest absolute Gasteiger partial charge is 0.493 e. The summed E-state index contributed by atoms with van der Waals surface area (Å²) in [4.78, 5) is 0. The van der Waals surface area contributed by atoms with Crippen LogP contribution in [0.4, 0.5) is 0 Å². The van der Waals surface area contributed by atoms with Crippen LogP contribution >= 0.6 is 0 Å². The molecule has 0 aliphatic rings. The monoisotopic (exact) mass is 238 g/mol. The summed E-state index contributed by atoms with van der Waals surface area (Å²) >= 11 is 0. The van der Waals surface area contributed by atoms with Gasteiger partial charge in [-0.05, 0) is 31.9 Å². The molecule has 0 spiro atoms. The zero-order valence-corrected chi connectivity index (χ0v) is 10.9. The highest BCUT2D eigenvalue weighted by Crippen LogP contribution is 2.26. The Bertz CT molecular complexity index is 336. The van der Waals surface area contributed by atoms with Crippen molar-refractivity contribution >= 4 is 0 Å². The predicted octanol–water partition coefficient (Wildman–Crippen LogP) is 3.15. The van der Waals surface area contributed by atoms with Crippen molar-refractivity contribution in [3.63, 3.8) is 0 Å². The molecule has 0 saturated carbocycles. The Kier molecular flexibility index (Phi) is 5.84. The minimum absolute atomic E-state index is 0.0141. The molecule has 0 saturated heterocycles. The molecule has 1 N–H and O–H groups in total. The third-order valence-electron chi connectivity index (χ3n) is 2.58. The first-order chi connectivity index (χ1) is 8.21. The van der Waals surface area contributed by atoms with Gasteiger partial charge in [-0.2, -0.15) is 0 Å². The smallest absolute Gasteiger partial charge is 0.128 e. The van der Waals surface area contributed by atoms with Crippen molar-refractivity contribution in [1.29, 1.82) is 0 Å². The number of ether oxygens (including phenoxy) is 2. The summed E-state index contributed by atoms with van der Waals surface area (Å²) in [7, 11) is 0. The molecule has 1 atom stereocenters. The SMILES string of the molecule is CCCOc1ccc(CO)c(OC(C)CC)c1. The molecule has 17 heavy (non-hydrogen) atoms. The maximum absolute atomic E-state index is 9.25. The summed E-state index contributed by atoms with van der Waals surface area (Å²) in [5.74, 6) is 1.51. The van der Waals surface area contributed by atoms with Gasteiger partial charge in [0.1, 0.15) is 11.5 Å². The second-order valence-electron chi connectivity index (χ2n) is 4.11. The molecule has 1 aromatic carbocycles. The van der Waals surface area contributed by atoms with Gasteiger partial charge in [0.2, 0.25) is 0 Å². The average molecular weight is 238 g/mol. The summed E-state index contributed by atoms with van der Waals surface area (Å²) < 4.78 is 11.3. The fourth-order valence-electron chi connectivity index (χ4n) is 1.38. The Morgan fingerprint density at radius 2 is 2.06 bits per heavy atom. The fourth-order valence-corrected chi connectivity index (χ4v) is 1.38. The van der Waals surface area contributed by atoms with E-state index in [9.17, 15) is 5.11 Å². The van der Waals surface area contributed by atoms with E-state index in [1.54, 1.807) is 0 Å². The number of aliphatic hydroxyl groups excluding tert-OH is 1. The van der Waals surface area contributed by atoms with Gasteiger partial charge in [0.15, 0.2) is 0 Å². The van der Waals surface area contributed by atoms with Gasteiger partial charge in [-0.3, -0.25) is 0 Å². The van der Waals surface area contributed by atoms with Crippen molar-refractivity contribution in [2.75, 3.05) is 6.61 Å². The third kappa shape index (κ3) is 4.27. The molecule has 0 aliphatic heterocycles. The van der Waals surface area contributed by atoms with Crippen LogP contribution < -0.4 is 9.47 Å². The summed E-state index contributed by atoms with van der Waals surface area (Å²) in [6.07, 6.45) is 2.05. The molecule has 1 rings (SSSR count). The molecule has 3 heteroatoms. The second kappa shape index (κ2) is 7.17. The van der Waals surface area contributed by atoms with E-state index in [-0.39, 0.29) is 12.7 Å². The first kappa shape index (κ1) is 13.8. The third-order valence-corrected chi connectivity index (χ3v) is 2.58. The van der Waals surface area contributed by atoms with Crippen LogP contribution in [-0.4, -0.2) is 17.8 Å². The molecule has 0 bridgehead atoms. The lowest BCUT2D eigenvalue weighted by Gasteiger charge is -2.16. The summed E-state index contributed by atoms with van der Waals surface area (Å²) in [5, 5.41) is 9.25. The molecule has 96 valence electrons. The van der Waals surface area contributed by atoms with Crippen LogP contribution in [0.2, 0.25) is 0 Å². The average Bonchev–Trinajstić information content (AvgIpc) is 2.36. The highest BCUT2D eigenvalue weighted by Gasteiger charge is 2.08. The Morgan fingerprint density at radius 1 is 1.29 bits per heavy atom. The Balaban J connectivity index is 2.82. The van der Waals surface area contributed by atoms with E-state index in [1.807, 2.05) is 25.1 Å². The second-order valence-corrected chi connectivity index (χ2v) is 4.11. The molecule has 1 unspecified atom stereocenters. The van der Waals surface area contributed by atoms with Crippen molar-refractivity contribution < 1.29 is 14.6 Å². The van der Waals surface area contributed by atoms with Crippen molar-refractivity contribution in [2.45, 2.75) is 46.3 Å². The Morgan fingerprint density at radius 3 is 2.65 bits per heavy atom. The molecule has 1 aromatic rings. The van der Waals surface area contributed by atoms with Crippen molar-refractivity contribution in [1.82, 2.24) is 0 Å². The van der Waals surface area contributed by atoms with Crippen LogP contribution in [0.5, 0.6) is 11.5 Å². The van der Waals surface area contributed by atoms with Gasteiger partial charge >= 0.3 is 0 Å². The lowest BCUT2D eigenvalue weighted by atomic mass is 10.2. The predicted molar refractivity (Wildman–Crippen MR) is 68.5 cm³/mol. The summed E-state index contributed by atoms with van der Waals surface area (Å²) in [6, 6.07) is 5.57. The zero-order chi connectivity index (χ0) is 12.7. The summed E-state index contributed by atoms with van der Waals surface area (Å²) in [5.41, 5.74) is 0.800. The first-order valence-corrected chi connectivity index (χ1v) is 6.24. The van der Waals surface area contributed by atoms with E-state index in [2.05, 4.69) is 13.8 Å². The highest BCUT2D eigenvalue weighted by molar-refractivity contribution is 5.40. The molecule has 0 fully saturated rings. The number of benzene rings is 1. The molecule has 0 amide bonds. The van der Waals surface area contributed by atoms with Gasteiger partial charge in [-0.15, -0.1) is 0 Å². The maximum Gasteiger partial charge on any atom is 0.128 e. The van der Waals surface area contributed by atoms with Crippen LogP contribution in [0.15, 0.2) is 18.2 Å². The number of aliphatic hydroxyl groups is 1. The van der Waals surface area contributed by atoms with Gasteiger partial charge in [-0.25, -0.2) is 0 Å². The fraction of sp³-hybridized carbons (Fsp3) is 0.571. The minimum atomic E-state index is -0.0141. The molecular weight excluding hydrogens is 216 g/mol. The van der Waals surface area contributed by atoms with Gasteiger partial charge in [0.25, 0.3) is 0 Å². The zero-order valence-electron chi connectivity index (χ0n) is 10.9. The maximum atomic E-state index is 9.25. The van der Waals surface area contributed by atoms with E-state index in [0.29, 0.717) is 6.61 Å². The van der Waals surface area contributed by atoms with Gasteiger partial charge < -0.3 is 14.6 Å². The lowest BCUT2D eigenvalue weighted by Crippen LogP contribution is -2.11. The molecule has 0 aliphatic carbocycles. The van der Waals surface area contributed by atoms with Crippen LogP contribution in [0.25, 0.3) is 0 Å². The van der Waals surface area contributed by atoms with E-state index in [1.165, 1.54) is 0 Å². The number of rotatable bonds is 7. The Hall–Kier alpha value is -1.22. The number of hydrogen-bond donors (Lipinski definition) is 1. The van der Waals surface area contributed by atoms with Crippen molar-refractivity contribution in [2.24, 2.45) is 0 Å². The van der Waals surface area contributed by atoms with Crippen molar-refractivity contribution in [3.8, 4) is 11.5 Å². The van der Waals surface area contributed by atoms with Crippen LogP contribution in [0, 0.1) is 0 Å². The first-order valence-electron chi connectivity index (χ1n) is 6.24. The van der Waals surface area contributed by atoms with E-state index in [0.717, 1.165) is 29.9 Å². The Labute approximate surface area is 103 Å². The van der Waals surface area contributed by atoms with E-state index >= 15 is 0 Å². The van der Waals surface area contributed by atoms with Gasteiger partial charge in [0.05, 0.1) is 19.3 Å². The van der Waals surface area contributed by atoms with Gasteiger partial charge in [0, 0.05) is 11.6 Å². The minimum Gasteiger partial charge on any atom is -0.493 e. The molecule has 0 radical (unpaired) electrons. The molecule has 3 nitrogen and oxygen atoms in total. The van der Waals surface area contributed by atoms with E-state index < -0.39 is 0 Å². The standard InChI is InChI=1S/C14H22O3/c1-4-8-16-13-7-6-12(10-15)14(9-13)17-11(3)5-2/h6-7,9,11,15H,4-5,8,10H2,1-3H3. The quantitative estimate of drug-likeness (QED) is 0.793. The topological polar surface area (TPSA) is 38.7 Å². The molecular formula is C14H22O3. The van der Waals surface area contributed by atoms with E-state index in [4.69, 9.17) is 9.47 Å². The van der Waals surface area contributed by atoms with Crippen LogP contribution in [0.1, 0.15) is 39.2 Å². The van der Waals surface area contributed by atoms with Crippen molar-refractivity contribution in [3.05, 3.63) is 23.8 Å².